The van der Waals surface area contributed by atoms with Crippen LogP contribution in [0.5, 0.6) is 11.5 Å². The van der Waals surface area contributed by atoms with E-state index in [2.05, 4.69) is 0 Å². The minimum atomic E-state index is -0.174. The zero-order chi connectivity index (χ0) is 15.7. The lowest BCUT2D eigenvalue weighted by Crippen LogP contribution is -2.38. The third-order valence-corrected chi connectivity index (χ3v) is 4.19. The quantitative estimate of drug-likeness (QED) is 0.823. The molecule has 0 spiro atoms. The first-order chi connectivity index (χ1) is 10.6. The van der Waals surface area contributed by atoms with Gasteiger partial charge < -0.3 is 15.1 Å². The molecule has 0 bridgehead atoms. The number of phenolic OH excluding ortho intramolecular Hbond substituents is 2. The van der Waals surface area contributed by atoms with E-state index in [1.165, 1.54) is 12.1 Å². The summed E-state index contributed by atoms with van der Waals surface area (Å²) in [7, 11) is 0. The third kappa shape index (κ3) is 2.74. The Bertz CT molecular complexity index is 700. The summed E-state index contributed by atoms with van der Waals surface area (Å²) in [4.78, 5) is 14.1. The summed E-state index contributed by atoms with van der Waals surface area (Å²) < 4.78 is 0. The van der Waals surface area contributed by atoms with E-state index < -0.39 is 0 Å². The lowest BCUT2D eigenvalue weighted by atomic mass is 9.94. The summed E-state index contributed by atoms with van der Waals surface area (Å²) in [5, 5.41) is 19.8. The number of anilines is 1. The molecule has 22 heavy (non-hydrogen) atoms. The van der Waals surface area contributed by atoms with Gasteiger partial charge in [0, 0.05) is 17.1 Å². The summed E-state index contributed by atoms with van der Waals surface area (Å²) in [5.74, 6) is -0.290. The highest BCUT2D eigenvalue weighted by atomic mass is 35.5. The van der Waals surface area contributed by atoms with Gasteiger partial charge in [-0.3, -0.25) is 4.79 Å². The summed E-state index contributed by atoms with van der Waals surface area (Å²) >= 11 is 5.91. The van der Waals surface area contributed by atoms with Gasteiger partial charge in [0.05, 0.1) is 6.04 Å². The van der Waals surface area contributed by atoms with Crippen molar-refractivity contribution in [3.63, 3.8) is 0 Å². The summed E-state index contributed by atoms with van der Waals surface area (Å²) in [5.41, 5.74) is 1.59. The average molecular weight is 318 g/mol. The molecule has 114 valence electrons. The molecule has 1 aliphatic rings. The van der Waals surface area contributed by atoms with E-state index in [0.717, 1.165) is 24.1 Å². The maximum atomic E-state index is 12.4. The van der Waals surface area contributed by atoms with Gasteiger partial charge in [-0.25, -0.2) is 0 Å². The topological polar surface area (TPSA) is 60.8 Å². The zero-order valence-electron chi connectivity index (χ0n) is 11.9. The predicted octanol–water partition coefficient (Wildman–Crippen LogP) is 4.01. The summed E-state index contributed by atoms with van der Waals surface area (Å²) in [6.45, 7) is 0. The van der Waals surface area contributed by atoms with Crippen LogP contribution < -0.4 is 4.90 Å². The van der Waals surface area contributed by atoms with E-state index in [0.29, 0.717) is 11.4 Å². The molecule has 1 saturated heterocycles. The van der Waals surface area contributed by atoms with Crippen molar-refractivity contribution in [3.05, 3.63) is 53.1 Å². The number of carbonyl (C=O) groups is 1. The van der Waals surface area contributed by atoms with Crippen LogP contribution in [0, 0.1) is 0 Å². The molecule has 4 nitrogen and oxygen atoms in total. The molecule has 0 aromatic heterocycles. The fraction of sp³-hybridized carbons (Fsp3) is 0.235. The van der Waals surface area contributed by atoms with Gasteiger partial charge >= 0.3 is 0 Å². The van der Waals surface area contributed by atoms with Crippen molar-refractivity contribution < 1.29 is 15.0 Å². The van der Waals surface area contributed by atoms with Crippen LogP contribution in [0.3, 0.4) is 0 Å². The molecule has 0 radical (unpaired) electrons. The van der Waals surface area contributed by atoms with Gasteiger partial charge in [0.1, 0.15) is 0 Å². The lowest BCUT2D eigenvalue weighted by molar-refractivity contribution is -0.120. The Morgan fingerprint density at radius 2 is 1.77 bits per heavy atom. The van der Waals surface area contributed by atoms with Crippen LogP contribution in [0.15, 0.2) is 42.5 Å². The molecule has 1 fully saturated rings. The smallest absolute Gasteiger partial charge is 0.227 e. The number of benzene rings is 2. The molecule has 0 saturated carbocycles. The van der Waals surface area contributed by atoms with Gasteiger partial charge in [0.25, 0.3) is 0 Å². The zero-order valence-corrected chi connectivity index (χ0v) is 12.6. The molecule has 5 heteroatoms. The standard InChI is InChI=1S/C17H16ClNO3/c18-12-5-7-13(8-6-12)19-14(2-1-3-17(19)22)11-4-9-15(20)16(21)10-11/h4-10,14,20-21H,1-3H2. The predicted molar refractivity (Wildman–Crippen MR) is 85.3 cm³/mol. The highest BCUT2D eigenvalue weighted by Gasteiger charge is 2.30. The number of nitrogens with zero attached hydrogens (tertiary/aromatic N) is 1. The van der Waals surface area contributed by atoms with Crippen LogP contribution in [0.4, 0.5) is 5.69 Å². The number of aromatic hydroxyl groups is 2. The molecule has 2 aromatic carbocycles. The molecule has 1 atom stereocenters. The normalized spacial score (nSPS) is 18.5. The van der Waals surface area contributed by atoms with Crippen molar-refractivity contribution in [2.45, 2.75) is 25.3 Å². The van der Waals surface area contributed by atoms with Gasteiger partial charge in [-0.2, -0.15) is 0 Å². The van der Waals surface area contributed by atoms with Crippen LogP contribution >= 0.6 is 11.6 Å². The largest absolute Gasteiger partial charge is 0.504 e. The Balaban J connectivity index is 2.01. The Hall–Kier alpha value is -2.20. The molecule has 1 aliphatic heterocycles. The van der Waals surface area contributed by atoms with Crippen molar-refractivity contribution in [1.82, 2.24) is 0 Å². The molecule has 3 rings (SSSR count). The minimum absolute atomic E-state index is 0.0473. The number of piperidine rings is 1. The van der Waals surface area contributed by atoms with E-state index in [1.54, 1.807) is 23.1 Å². The first-order valence-electron chi connectivity index (χ1n) is 7.16. The Labute approximate surface area is 133 Å². The Morgan fingerprint density at radius 1 is 1.05 bits per heavy atom. The Kier molecular flexibility index (Phi) is 3.94. The fourth-order valence-corrected chi connectivity index (χ4v) is 2.99. The highest BCUT2D eigenvalue weighted by molar-refractivity contribution is 6.30. The molecule has 1 unspecified atom stereocenters. The van der Waals surface area contributed by atoms with Gasteiger partial charge in [-0.1, -0.05) is 17.7 Å². The molecular weight excluding hydrogens is 302 g/mol. The first kappa shape index (κ1) is 14.7. The van der Waals surface area contributed by atoms with E-state index in [1.807, 2.05) is 12.1 Å². The van der Waals surface area contributed by atoms with Gasteiger partial charge in [-0.05, 0) is 54.8 Å². The number of hydrogen-bond donors (Lipinski definition) is 2. The highest BCUT2D eigenvalue weighted by Crippen LogP contribution is 2.38. The van der Waals surface area contributed by atoms with Crippen molar-refractivity contribution in [2.24, 2.45) is 0 Å². The summed E-state index contributed by atoms with van der Waals surface area (Å²) in [6.07, 6.45) is 2.11. The lowest BCUT2D eigenvalue weighted by Gasteiger charge is -2.36. The van der Waals surface area contributed by atoms with Crippen LogP contribution in [0.2, 0.25) is 5.02 Å². The average Bonchev–Trinajstić information content (AvgIpc) is 2.51. The van der Waals surface area contributed by atoms with Gasteiger partial charge in [-0.15, -0.1) is 0 Å². The second-order valence-corrected chi connectivity index (χ2v) is 5.83. The van der Waals surface area contributed by atoms with Crippen molar-refractivity contribution in [2.75, 3.05) is 4.90 Å². The maximum absolute atomic E-state index is 12.4. The van der Waals surface area contributed by atoms with Crippen molar-refractivity contribution >= 4 is 23.2 Å². The maximum Gasteiger partial charge on any atom is 0.227 e. The number of phenols is 2. The molecule has 2 N–H and O–H groups in total. The number of carbonyl (C=O) groups excluding carboxylic acids is 1. The number of halogens is 1. The first-order valence-corrected chi connectivity index (χ1v) is 7.53. The summed E-state index contributed by atoms with van der Waals surface area (Å²) in [6, 6.07) is 11.7. The van der Waals surface area contributed by atoms with E-state index in [-0.39, 0.29) is 23.4 Å². The van der Waals surface area contributed by atoms with Crippen LogP contribution in [-0.4, -0.2) is 16.1 Å². The van der Waals surface area contributed by atoms with Crippen LogP contribution in [0.1, 0.15) is 30.9 Å². The Morgan fingerprint density at radius 3 is 2.45 bits per heavy atom. The minimum Gasteiger partial charge on any atom is -0.504 e. The molecule has 1 heterocycles. The molecular formula is C17H16ClNO3. The van der Waals surface area contributed by atoms with E-state index in [4.69, 9.17) is 11.6 Å². The van der Waals surface area contributed by atoms with Gasteiger partial charge in [0.15, 0.2) is 11.5 Å². The van der Waals surface area contributed by atoms with Crippen LogP contribution in [0.25, 0.3) is 0 Å². The monoisotopic (exact) mass is 317 g/mol. The number of rotatable bonds is 2. The number of hydrogen-bond acceptors (Lipinski definition) is 3. The molecule has 1 amide bonds. The van der Waals surface area contributed by atoms with Crippen molar-refractivity contribution in [1.29, 1.82) is 0 Å². The SMILES string of the molecule is O=C1CCCC(c2ccc(O)c(O)c2)N1c1ccc(Cl)cc1. The second-order valence-electron chi connectivity index (χ2n) is 5.40. The molecule has 2 aromatic rings. The fourth-order valence-electron chi connectivity index (χ4n) is 2.86. The third-order valence-electron chi connectivity index (χ3n) is 3.94. The van der Waals surface area contributed by atoms with Crippen molar-refractivity contribution in [3.8, 4) is 11.5 Å². The molecule has 0 aliphatic carbocycles. The van der Waals surface area contributed by atoms with Gasteiger partial charge in [0.2, 0.25) is 5.91 Å². The van der Waals surface area contributed by atoms with E-state index in [9.17, 15) is 15.0 Å². The second kappa shape index (κ2) is 5.89. The van der Waals surface area contributed by atoms with E-state index >= 15 is 0 Å². The number of amides is 1. The van der Waals surface area contributed by atoms with Crippen LogP contribution in [-0.2, 0) is 4.79 Å².